The van der Waals surface area contributed by atoms with Gasteiger partial charge >= 0.3 is 0 Å². The normalized spacial score (nSPS) is 10.1. The van der Waals surface area contributed by atoms with E-state index in [0.717, 1.165) is 30.6 Å². The highest BCUT2D eigenvalue weighted by Crippen LogP contribution is 2.16. The lowest BCUT2D eigenvalue weighted by molar-refractivity contribution is -0.121. The molecule has 0 atom stereocenters. The fourth-order valence-corrected chi connectivity index (χ4v) is 1.74. The van der Waals surface area contributed by atoms with Crippen molar-refractivity contribution in [3.8, 4) is 5.75 Å². The largest absolute Gasteiger partial charge is 0.496 e. The lowest BCUT2D eigenvalue weighted by Crippen LogP contribution is -2.22. The molecule has 0 radical (unpaired) electrons. The van der Waals surface area contributed by atoms with Gasteiger partial charge in [-0.25, -0.2) is 0 Å². The lowest BCUT2D eigenvalue weighted by atomic mass is 10.1. The highest BCUT2D eigenvalue weighted by atomic mass is 16.5. The Morgan fingerprint density at radius 2 is 2.06 bits per heavy atom. The molecule has 0 aromatic heterocycles. The summed E-state index contributed by atoms with van der Waals surface area (Å²) < 4.78 is 5.23. The Hall–Kier alpha value is -1.55. The zero-order chi connectivity index (χ0) is 13.2. The van der Waals surface area contributed by atoms with Crippen molar-refractivity contribution in [3.63, 3.8) is 0 Å². The second-order valence-corrected chi connectivity index (χ2v) is 4.19. The van der Waals surface area contributed by atoms with Gasteiger partial charge in [0.2, 0.25) is 5.91 Å². The van der Waals surface area contributed by atoms with E-state index in [1.807, 2.05) is 24.3 Å². The number of methoxy groups -OCH3 is 1. The van der Waals surface area contributed by atoms with Gasteiger partial charge in [0.15, 0.2) is 0 Å². The van der Waals surface area contributed by atoms with E-state index in [4.69, 9.17) is 10.5 Å². The van der Waals surface area contributed by atoms with E-state index in [1.165, 1.54) is 0 Å². The number of para-hydroxylation sites is 1. The third-order valence-corrected chi connectivity index (χ3v) is 2.78. The molecule has 4 heteroatoms. The minimum atomic E-state index is 0.0814. The summed E-state index contributed by atoms with van der Waals surface area (Å²) >= 11 is 0. The van der Waals surface area contributed by atoms with Gasteiger partial charge in [-0.3, -0.25) is 4.79 Å². The van der Waals surface area contributed by atoms with Crippen LogP contribution in [-0.2, 0) is 11.3 Å². The van der Waals surface area contributed by atoms with Gasteiger partial charge in [-0.2, -0.15) is 0 Å². The molecule has 0 aliphatic carbocycles. The predicted molar refractivity (Wildman–Crippen MR) is 72.4 cm³/mol. The molecular weight excluding hydrogens is 228 g/mol. The number of ether oxygens (including phenoxy) is 1. The summed E-state index contributed by atoms with van der Waals surface area (Å²) in [4.78, 5) is 11.6. The predicted octanol–water partition coefficient (Wildman–Crippen LogP) is 1.83. The van der Waals surface area contributed by atoms with Gasteiger partial charge in [0, 0.05) is 18.5 Å². The summed E-state index contributed by atoms with van der Waals surface area (Å²) in [6, 6.07) is 7.69. The van der Waals surface area contributed by atoms with Crippen molar-refractivity contribution in [1.82, 2.24) is 5.32 Å². The quantitative estimate of drug-likeness (QED) is 0.692. The van der Waals surface area contributed by atoms with Gasteiger partial charge in [-0.1, -0.05) is 24.6 Å². The third-order valence-electron chi connectivity index (χ3n) is 2.78. The van der Waals surface area contributed by atoms with Crippen LogP contribution in [0.4, 0.5) is 0 Å². The number of nitrogens with two attached hydrogens (primary N) is 1. The molecule has 0 saturated carbocycles. The molecule has 100 valence electrons. The fourth-order valence-electron chi connectivity index (χ4n) is 1.74. The second kappa shape index (κ2) is 8.53. The summed E-state index contributed by atoms with van der Waals surface area (Å²) in [5.41, 5.74) is 6.39. The van der Waals surface area contributed by atoms with Crippen molar-refractivity contribution in [3.05, 3.63) is 29.8 Å². The van der Waals surface area contributed by atoms with Crippen LogP contribution in [0, 0.1) is 0 Å². The molecule has 4 nitrogen and oxygen atoms in total. The van der Waals surface area contributed by atoms with Crippen LogP contribution in [0.2, 0.25) is 0 Å². The maximum Gasteiger partial charge on any atom is 0.220 e. The molecule has 1 rings (SSSR count). The number of hydrogen-bond acceptors (Lipinski definition) is 3. The highest BCUT2D eigenvalue weighted by molar-refractivity contribution is 5.75. The monoisotopic (exact) mass is 250 g/mol. The molecule has 0 unspecified atom stereocenters. The van der Waals surface area contributed by atoms with Crippen molar-refractivity contribution >= 4 is 5.91 Å². The van der Waals surface area contributed by atoms with Crippen LogP contribution >= 0.6 is 0 Å². The topological polar surface area (TPSA) is 64.3 Å². The zero-order valence-corrected chi connectivity index (χ0v) is 10.9. The van der Waals surface area contributed by atoms with Crippen molar-refractivity contribution in [2.45, 2.75) is 32.2 Å². The van der Waals surface area contributed by atoms with E-state index in [2.05, 4.69) is 5.32 Å². The van der Waals surface area contributed by atoms with Gasteiger partial charge in [0.05, 0.1) is 7.11 Å². The summed E-state index contributed by atoms with van der Waals surface area (Å²) in [7, 11) is 1.63. The number of benzene rings is 1. The van der Waals surface area contributed by atoms with Crippen LogP contribution in [-0.4, -0.2) is 19.6 Å². The Morgan fingerprint density at radius 3 is 2.78 bits per heavy atom. The molecule has 0 saturated heterocycles. The highest BCUT2D eigenvalue weighted by Gasteiger charge is 2.04. The van der Waals surface area contributed by atoms with Crippen LogP contribution < -0.4 is 15.8 Å². The van der Waals surface area contributed by atoms with Gasteiger partial charge in [-0.15, -0.1) is 0 Å². The first-order chi connectivity index (χ1) is 8.77. The molecule has 0 aliphatic heterocycles. The van der Waals surface area contributed by atoms with Gasteiger partial charge in [-0.05, 0) is 25.5 Å². The second-order valence-electron chi connectivity index (χ2n) is 4.19. The van der Waals surface area contributed by atoms with Crippen LogP contribution in [0.3, 0.4) is 0 Å². The Morgan fingerprint density at radius 1 is 1.28 bits per heavy atom. The fraction of sp³-hybridized carbons (Fsp3) is 0.500. The molecule has 0 heterocycles. The van der Waals surface area contributed by atoms with E-state index < -0.39 is 0 Å². The summed E-state index contributed by atoms with van der Waals surface area (Å²) in [5.74, 6) is 0.888. The van der Waals surface area contributed by atoms with Gasteiger partial charge in [0.25, 0.3) is 0 Å². The van der Waals surface area contributed by atoms with Gasteiger partial charge in [0.1, 0.15) is 5.75 Å². The molecule has 0 fully saturated rings. The molecule has 0 spiro atoms. The minimum absolute atomic E-state index is 0.0814. The van der Waals surface area contributed by atoms with Crippen molar-refractivity contribution in [2.75, 3.05) is 13.7 Å². The number of nitrogens with one attached hydrogen (secondary N) is 1. The molecule has 1 aromatic carbocycles. The van der Waals surface area contributed by atoms with Crippen molar-refractivity contribution in [2.24, 2.45) is 5.73 Å². The molecule has 1 aromatic rings. The van der Waals surface area contributed by atoms with E-state index in [1.54, 1.807) is 7.11 Å². The molecular formula is C14H22N2O2. The lowest BCUT2D eigenvalue weighted by Gasteiger charge is -2.09. The molecule has 0 bridgehead atoms. The van der Waals surface area contributed by atoms with Crippen molar-refractivity contribution in [1.29, 1.82) is 0 Å². The minimum Gasteiger partial charge on any atom is -0.496 e. The number of unbranched alkanes of at least 4 members (excludes halogenated alkanes) is 2. The third kappa shape index (κ3) is 5.19. The van der Waals surface area contributed by atoms with E-state index in [-0.39, 0.29) is 5.91 Å². The van der Waals surface area contributed by atoms with Crippen LogP contribution in [0.15, 0.2) is 24.3 Å². The average Bonchev–Trinajstić information content (AvgIpc) is 2.41. The average molecular weight is 250 g/mol. The number of carbonyl (C=O) groups is 1. The maximum atomic E-state index is 11.6. The number of carbonyl (C=O) groups excluding carboxylic acids is 1. The number of hydrogen-bond donors (Lipinski definition) is 2. The van der Waals surface area contributed by atoms with Gasteiger partial charge < -0.3 is 15.8 Å². The Bertz CT molecular complexity index is 367. The Labute approximate surface area is 109 Å². The SMILES string of the molecule is COc1ccccc1CNC(=O)CCCCCN. The molecule has 3 N–H and O–H groups in total. The summed E-state index contributed by atoms with van der Waals surface area (Å²) in [6.45, 7) is 1.21. The smallest absolute Gasteiger partial charge is 0.220 e. The van der Waals surface area contributed by atoms with Crippen LogP contribution in [0.5, 0.6) is 5.75 Å². The zero-order valence-electron chi connectivity index (χ0n) is 10.9. The molecule has 1 amide bonds. The van der Waals surface area contributed by atoms with Crippen molar-refractivity contribution < 1.29 is 9.53 Å². The van der Waals surface area contributed by atoms with E-state index in [0.29, 0.717) is 19.5 Å². The maximum absolute atomic E-state index is 11.6. The first kappa shape index (κ1) is 14.5. The standard InChI is InChI=1S/C14H22N2O2/c1-18-13-8-5-4-7-12(13)11-16-14(17)9-3-2-6-10-15/h4-5,7-8H,2-3,6,9-11,15H2,1H3,(H,16,17). The first-order valence-corrected chi connectivity index (χ1v) is 6.36. The summed E-state index contributed by atoms with van der Waals surface area (Å²) in [5, 5.41) is 2.90. The Kier molecular flexibility index (Phi) is 6.87. The number of rotatable bonds is 8. The van der Waals surface area contributed by atoms with Crippen LogP contribution in [0.25, 0.3) is 0 Å². The molecule has 0 aliphatic rings. The van der Waals surface area contributed by atoms with E-state index >= 15 is 0 Å². The van der Waals surface area contributed by atoms with E-state index in [9.17, 15) is 4.79 Å². The Balaban J connectivity index is 2.29. The summed E-state index contributed by atoms with van der Waals surface area (Å²) in [6.07, 6.45) is 3.46. The number of amides is 1. The first-order valence-electron chi connectivity index (χ1n) is 6.36. The molecule has 18 heavy (non-hydrogen) atoms. The van der Waals surface area contributed by atoms with Crippen LogP contribution in [0.1, 0.15) is 31.2 Å².